The zero-order valence-corrected chi connectivity index (χ0v) is 10.4. The number of hydrogen-bond donors (Lipinski definition) is 2. The number of hydrogen-bond acceptors (Lipinski definition) is 4. The van der Waals surface area contributed by atoms with Crippen molar-refractivity contribution in [3.05, 3.63) is 54.1 Å². The molecule has 4 heteroatoms. The summed E-state index contributed by atoms with van der Waals surface area (Å²) in [4.78, 5) is 8.21. The highest BCUT2D eigenvalue weighted by molar-refractivity contribution is 5.28. The van der Waals surface area contributed by atoms with Crippen molar-refractivity contribution in [3.63, 3.8) is 0 Å². The number of benzene rings is 1. The Morgan fingerprint density at radius 3 is 2.89 bits per heavy atom. The summed E-state index contributed by atoms with van der Waals surface area (Å²) in [5.74, 6) is 0.297. The van der Waals surface area contributed by atoms with E-state index < -0.39 is 0 Å². The average molecular weight is 243 g/mol. The molecule has 0 aliphatic carbocycles. The lowest BCUT2D eigenvalue weighted by Crippen LogP contribution is -2.23. The van der Waals surface area contributed by atoms with Crippen LogP contribution in [0.2, 0.25) is 0 Å². The van der Waals surface area contributed by atoms with Crippen LogP contribution in [0.3, 0.4) is 0 Å². The van der Waals surface area contributed by atoms with Crippen molar-refractivity contribution in [1.82, 2.24) is 15.3 Å². The molecule has 0 radical (unpaired) electrons. The SMILES string of the molecule is CCNC(Cc1cccc(O)c1)c1ccncn1. The number of rotatable bonds is 5. The number of nitrogens with one attached hydrogen (secondary N) is 1. The van der Waals surface area contributed by atoms with Gasteiger partial charge in [0, 0.05) is 6.20 Å². The van der Waals surface area contributed by atoms with Gasteiger partial charge in [0.15, 0.2) is 0 Å². The van der Waals surface area contributed by atoms with Crippen molar-refractivity contribution in [2.45, 2.75) is 19.4 Å². The molecule has 1 heterocycles. The third-order valence-electron chi connectivity index (χ3n) is 2.76. The molecule has 94 valence electrons. The smallest absolute Gasteiger partial charge is 0.115 e. The van der Waals surface area contributed by atoms with Gasteiger partial charge in [-0.1, -0.05) is 19.1 Å². The maximum absolute atomic E-state index is 9.48. The minimum atomic E-state index is 0.139. The van der Waals surface area contributed by atoms with E-state index in [4.69, 9.17) is 0 Å². The first-order chi connectivity index (χ1) is 8.79. The van der Waals surface area contributed by atoms with E-state index in [0.29, 0.717) is 5.75 Å². The van der Waals surface area contributed by atoms with Gasteiger partial charge in [-0.05, 0) is 36.7 Å². The van der Waals surface area contributed by atoms with Crippen molar-refractivity contribution >= 4 is 0 Å². The molecule has 0 bridgehead atoms. The topological polar surface area (TPSA) is 58.0 Å². The van der Waals surface area contributed by atoms with Crippen molar-refractivity contribution in [1.29, 1.82) is 0 Å². The van der Waals surface area contributed by atoms with Crippen LogP contribution in [0.15, 0.2) is 42.9 Å². The number of likely N-dealkylation sites (N-methyl/N-ethyl adjacent to an activating group) is 1. The van der Waals surface area contributed by atoms with Gasteiger partial charge in [0.05, 0.1) is 11.7 Å². The first-order valence-corrected chi connectivity index (χ1v) is 6.06. The lowest BCUT2D eigenvalue weighted by molar-refractivity contribution is 0.473. The zero-order valence-electron chi connectivity index (χ0n) is 10.4. The number of nitrogens with zero attached hydrogens (tertiary/aromatic N) is 2. The Morgan fingerprint density at radius 1 is 1.33 bits per heavy atom. The number of phenols is 1. The van der Waals surface area contributed by atoms with Gasteiger partial charge in [0.2, 0.25) is 0 Å². The van der Waals surface area contributed by atoms with Crippen molar-refractivity contribution in [2.24, 2.45) is 0 Å². The van der Waals surface area contributed by atoms with Crippen LogP contribution in [0, 0.1) is 0 Å². The first kappa shape index (κ1) is 12.5. The van der Waals surface area contributed by atoms with Gasteiger partial charge in [-0.3, -0.25) is 0 Å². The van der Waals surface area contributed by atoms with Gasteiger partial charge in [0.25, 0.3) is 0 Å². The maximum atomic E-state index is 9.48. The van der Waals surface area contributed by atoms with Gasteiger partial charge in [0.1, 0.15) is 12.1 Å². The van der Waals surface area contributed by atoms with Gasteiger partial charge in [-0.15, -0.1) is 0 Å². The molecule has 1 atom stereocenters. The fraction of sp³-hybridized carbons (Fsp3) is 0.286. The standard InChI is InChI=1S/C14H17N3O/c1-2-16-14(13-6-7-15-10-17-13)9-11-4-3-5-12(18)8-11/h3-8,10,14,16,18H,2,9H2,1H3. The fourth-order valence-electron chi connectivity index (χ4n) is 1.95. The molecule has 0 saturated carbocycles. The average Bonchev–Trinajstić information content (AvgIpc) is 2.39. The molecule has 2 rings (SSSR count). The molecule has 0 spiro atoms. The van der Waals surface area contributed by atoms with Crippen LogP contribution < -0.4 is 5.32 Å². The van der Waals surface area contributed by atoms with Crippen molar-refractivity contribution in [2.75, 3.05) is 6.54 Å². The summed E-state index contributed by atoms with van der Waals surface area (Å²) < 4.78 is 0. The third kappa shape index (κ3) is 3.28. The van der Waals surface area contributed by atoms with Crippen LogP contribution in [0.5, 0.6) is 5.75 Å². The maximum Gasteiger partial charge on any atom is 0.115 e. The van der Waals surface area contributed by atoms with Crippen molar-refractivity contribution < 1.29 is 5.11 Å². The fourth-order valence-corrected chi connectivity index (χ4v) is 1.95. The Balaban J connectivity index is 2.16. The predicted octanol–water partition coefficient (Wildman–Crippen LogP) is 2.08. The predicted molar refractivity (Wildman–Crippen MR) is 70.3 cm³/mol. The first-order valence-electron chi connectivity index (χ1n) is 6.06. The second-order valence-corrected chi connectivity index (χ2v) is 4.12. The van der Waals surface area contributed by atoms with E-state index in [1.165, 1.54) is 0 Å². The van der Waals surface area contributed by atoms with E-state index in [-0.39, 0.29) is 6.04 Å². The largest absolute Gasteiger partial charge is 0.508 e. The molecule has 2 aromatic rings. The van der Waals surface area contributed by atoms with Gasteiger partial charge in [-0.2, -0.15) is 0 Å². The number of phenolic OH excluding ortho intramolecular Hbond substituents is 1. The molecule has 0 saturated heterocycles. The number of aromatic nitrogens is 2. The Labute approximate surface area is 107 Å². The van der Waals surface area contributed by atoms with Gasteiger partial charge < -0.3 is 10.4 Å². The highest BCUT2D eigenvalue weighted by Gasteiger charge is 2.12. The van der Waals surface area contributed by atoms with E-state index in [1.807, 2.05) is 18.2 Å². The van der Waals surface area contributed by atoms with E-state index in [0.717, 1.165) is 24.2 Å². The lowest BCUT2D eigenvalue weighted by Gasteiger charge is -2.17. The van der Waals surface area contributed by atoms with Crippen molar-refractivity contribution in [3.8, 4) is 5.75 Å². The van der Waals surface area contributed by atoms with Crippen LogP contribution in [-0.4, -0.2) is 21.6 Å². The van der Waals surface area contributed by atoms with Gasteiger partial charge in [-0.25, -0.2) is 9.97 Å². The molecule has 0 aliphatic heterocycles. The third-order valence-corrected chi connectivity index (χ3v) is 2.76. The second kappa shape index (κ2) is 6.12. The summed E-state index contributed by atoms with van der Waals surface area (Å²) >= 11 is 0. The molecule has 18 heavy (non-hydrogen) atoms. The Morgan fingerprint density at radius 2 is 2.22 bits per heavy atom. The molecule has 0 amide bonds. The molecule has 1 unspecified atom stereocenters. The summed E-state index contributed by atoms with van der Waals surface area (Å²) in [5, 5.41) is 12.9. The summed E-state index contributed by atoms with van der Waals surface area (Å²) in [5.41, 5.74) is 2.05. The molecular formula is C14H17N3O. The Bertz CT molecular complexity index is 487. The minimum absolute atomic E-state index is 0.139. The van der Waals surface area contributed by atoms with Crippen LogP contribution in [0.1, 0.15) is 24.2 Å². The summed E-state index contributed by atoms with van der Waals surface area (Å²) in [6.07, 6.45) is 4.09. The Kier molecular flexibility index (Phi) is 4.25. The lowest BCUT2D eigenvalue weighted by atomic mass is 10.0. The van der Waals surface area contributed by atoms with E-state index >= 15 is 0 Å². The molecule has 1 aromatic carbocycles. The molecule has 4 nitrogen and oxygen atoms in total. The van der Waals surface area contributed by atoms with E-state index in [2.05, 4.69) is 22.2 Å². The van der Waals surface area contributed by atoms with E-state index in [1.54, 1.807) is 24.7 Å². The van der Waals surface area contributed by atoms with E-state index in [9.17, 15) is 5.11 Å². The van der Waals surface area contributed by atoms with Crippen LogP contribution >= 0.6 is 0 Å². The quantitative estimate of drug-likeness (QED) is 0.844. The highest BCUT2D eigenvalue weighted by Crippen LogP contribution is 2.19. The molecule has 0 fully saturated rings. The summed E-state index contributed by atoms with van der Waals surface area (Å²) in [6, 6.07) is 9.37. The monoisotopic (exact) mass is 243 g/mol. The minimum Gasteiger partial charge on any atom is -0.508 e. The second-order valence-electron chi connectivity index (χ2n) is 4.12. The van der Waals surface area contributed by atoms with Crippen LogP contribution in [-0.2, 0) is 6.42 Å². The highest BCUT2D eigenvalue weighted by atomic mass is 16.3. The molecule has 0 aliphatic rings. The number of aromatic hydroxyl groups is 1. The normalized spacial score (nSPS) is 12.3. The molecule has 2 N–H and O–H groups in total. The zero-order chi connectivity index (χ0) is 12.8. The van der Waals surface area contributed by atoms with Crippen LogP contribution in [0.25, 0.3) is 0 Å². The molecule has 1 aromatic heterocycles. The summed E-state index contributed by atoms with van der Waals surface area (Å²) in [6.45, 7) is 2.93. The molecular weight excluding hydrogens is 226 g/mol. The Hall–Kier alpha value is -1.94. The van der Waals surface area contributed by atoms with Crippen LogP contribution in [0.4, 0.5) is 0 Å². The van der Waals surface area contributed by atoms with Gasteiger partial charge >= 0.3 is 0 Å². The summed E-state index contributed by atoms with van der Waals surface area (Å²) in [7, 11) is 0.